The van der Waals surface area contributed by atoms with Crippen LogP contribution in [0, 0.1) is 24.1 Å². The summed E-state index contributed by atoms with van der Waals surface area (Å²) in [4.78, 5) is 32.8. The number of aryl methyl sites for hydroxylation is 1. The van der Waals surface area contributed by atoms with Crippen LogP contribution in [0.25, 0.3) is 32.2 Å². The molecule has 0 atom stereocenters. The Morgan fingerprint density at radius 1 is 1.24 bits per heavy atom. The second kappa shape index (κ2) is 10.5. The molecule has 5 rings (SSSR count). The fourth-order valence-electron chi connectivity index (χ4n) is 4.49. The van der Waals surface area contributed by atoms with Gasteiger partial charge >= 0.3 is 5.97 Å². The van der Waals surface area contributed by atoms with Crippen molar-refractivity contribution in [3.8, 4) is 22.9 Å². The third-order valence-corrected chi connectivity index (χ3v) is 8.70. The molecule has 0 fully saturated rings. The number of aromatic carboxylic acids is 1. The van der Waals surface area contributed by atoms with Crippen LogP contribution in [0.4, 0.5) is 4.39 Å². The first-order chi connectivity index (χ1) is 19.4. The van der Waals surface area contributed by atoms with Gasteiger partial charge < -0.3 is 9.84 Å². The summed E-state index contributed by atoms with van der Waals surface area (Å²) in [6, 6.07) is 9.02. The fourth-order valence-corrected chi connectivity index (χ4v) is 6.52. The number of aromatic nitrogens is 3. The van der Waals surface area contributed by atoms with E-state index in [1.807, 2.05) is 0 Å². The average Bonchev–Trinajstić information content (AvgIpc) is 3.36. The van der Waals surface area contributed by atoms with Crippen LogP contribution in [0.3, 0.4) is 0 Å². The highest BCUT2D eigenvalue weighted by molar-refractivity contribution is 7.90. The summed E-state index contributed by atoms with van der Waals surface area (Å²) >= 11 is 7.49. The van der Waals surface area contributed by atoms with E-state index < -0.39 is 48.5 Å². The summed E-state index contributed by atoms with van der Waals surface area (Å²) in [5.41, 5.74) is -0.0545. The molecule has 2 aromatic carbocycles. The van der Waals surface area contributed by atoms with Crippen molar-refractivity contribution >= 4 is 59.9 Å². The molecule has 0 saturated heterocycles. The third-order valence-electron chi connectivity index (χ3n) is 6.34. The molecule has 0 aliphatic carbocycles. The Kier molecular flexibility index (Phi) is 7.24. The lowest BCUT2D eigenvalue weighted by Gasteiger charge is -2.16. The van der Waals surface area contributed by atoms with E-state index >= 15 is 0 Å². The van der Waals surface area contributed by atoms with Gasteiger partial charge in [0.05, 0.1) is 38.2 Å². The van der Waals surface area contributed by atoms with Gasteiger partial charge in [-0.25, -0.2) is 22.6 Å². The fraction of sp³-hybridized carbons (Fsp3) is 0.148. The third kappa shape index (κ3) is 5.01. The van der Waals surface area contributed by atoms with Gasteiger partial charge in [-0.3, -0.25) is 14.3 Å². The van der Waals surface area contributed by atoms with Crippen molar-refractivity contribution in [2.75, 3.05) is 12.9 Å². The molecule has 208 valence electrons. The molecule has 0 bridgehead atoms. The van der Waals surface area contributed by atoms with E-state index in [2.05, 4.69) is 9.97 Å². The lowest BCUT2D eigenvalue weighted by molar-refractivity contribution is 0.0699. The van der Waals surface area contributed by atoms with Gasteiger partial charge in [-0.05, 0) is 37.3 Å². The maximum atomic E-state index is 14.8. The van der Waals surface area contributed by atoms with Gasteiger partial charge in [0.2, 0.25) is 0 Å². The number of pyridine rings is 1. The molecule has 10 nitrogen and oxygen atoms in total. The molecule has 0 amide bonds. The molecule has 3 aromatic heterocycles. The van der Waals surface area contributed by atoms with Crippen molar-refractivity contribution < 1.29 is 27.4 Å². The van der Waals surface area contributed by atoms with E-state index in [0.29, 0.717) is 38.2 Å². The predicted octanol–water partition coefficient (Wildman–Crippen LogP) is 4.83. The zero-order valence-electron chi connectivity index (χ0n) is 21.3. The van der Waals surface area contributed by atoms with E-state index in [9.17, 15) is 32.8 Å². The topological polar surface area (TPSA) is 152 Å². The largest absolute Gasteiger partial charge is 0.491 e. The molecule has 14 heteroatoms. The van der Waals surface area contributed by atoms with E-state index in [1.54, 1.807) is 30.3 Å². The monoisotopic (exact) mass is 612 g/mol. The van der Waals surface area contributed by atoms with Gasteiger partial charge in [-0.15, -0.1) is 11.3 Å². The van der Waals surface area contributed by atoms with Gasteiger partial charge in [-0.1, -0.05) is 11.6 Å². The zero-order chi connectivity index (χ0) is 29.6. The minimum Gasteiger partial charge on any atom is -0.491 e. The van der Waals surface area contributed by atoms with Crippen LogP contribution in [0.1, 0.15) is 21.7 Å². The lowest BCUT2D eigenvalue weighted by Crippen LogP contribution is -2.28. The van der Waals surface area contributed by atoms with Gasteiger partial charge in [0.15, 0.2) is 15.7 Å². The number of sulfone groups is 1. The number of nitrogens with zero attached hydrogens (tertiary/aromatic N) is 4. The van der Waals surface area contributed by atoms with Crippen molar-refractivity contribution in [1.82, 2.24) is 14.5 Å². The highest BCUT2D eigenvalue weighted by Gasteiger charge is 2.24. The van der Waals surface area contributed by atoms with Crippen molar-refractivity contribution in [1.29, 1.82) is 5.26 Å². The molecule has 0 radical (unpaired) electrons. The molecular weight excluding hydrogens is 595 g/mol. The number of rotatable bonds is 7. The zero-order valence-corrected chi connectivity index (χ0v) is 23.7. The summed E-state index contributed by atoms with van der Waals surface area (Å²) in [5, 5.41) is 20.6. The van der Waals surface area contributed by atoms with Gasteiger partial charge in [0.1, 0.15) is 29.8 Å². The number of ether oxygens (including phenoxy) is 1. The molecule has 3 heterocycles. The predicted molar refractivity (Wildman–Crippen MR) is 151 cm³/mol. The van der Waals surface area contributed by atoms with E-state index in [1.165, 1.54) is 34.4 Å². The Labute approximate surface area is 240 Å². The Morgan fingerprint density at radius 3 is 2.68 bits per heavy atom. The maximum Gasteiger partial charge on any atom is 0.338 e. The molecule has 5 aromatic rings. The first-order valence-corrected chi connectivity index (χ1v) is 14.9. The second-order valence-electron chi connectivity index (χ2n) is 8.93. The molecule has 41 heavy (non-hydrogen) atoms. The summed E-state index contributed by atoms with van der Waals surface area (Å²) in [5.74, 6) is -1.61. The smallest absolute Gasteiger partial charge is 0.338 e. The van der Waals surface area contributed by atoms with Crippen LogP contribution in [-0.2, 0) is 16.4 Å². The van der Waals surface area contributed by atoms with Crippen molar-refractivity contribution in [3.05, 3.63) is 80.1 Å². The summed E-state index contributed by atoms with van der Waals surface area (Å²) in [7, 11) is -4.02. The van der Waals surface area contributed by atoms with Crippen molar-refractivity contribution in [2.45, 2.75) is 18.4 Å². The number of benzene rings is 2. The van der Waals surface area contributed by atoms with Gasteiger partial charge in [0, 0.05) is 34.0 Å². The summed E-state index contributed by atoms with van der Waals surface area (Å²) in [6.07, 6.45) is 2.31. The number of halogens is 2. The van der Waals surface area contributed by atoms with Gasteiger partial charge in [-0.2, -0.15) is 5.26 Å². The molecular formula is C27H18ClFN4O6S2. The molecule has 0 spiro atoms. The molecule has 0 aliphatic heterocycles. The number of carbonyl (C=O) groups is 1. The Bertz CT molecular complexity index is 2120. The average molecular weight is 613 g/mol. The normalized spacial score (nSPS) is 11.6. The minimum atomic E-state index is -4.02. The number of carboxylic acid groups (broad SMARTS) is 1. The Morgan fingerprint density at radius 2 is 2.00 bits per heavy atom. The van der Waals surface area contributed by atoms with Crippen LogP contribution >= 0.6 is 22.9 Å². The summed E-state index contributed by atoms with van der Waals surface area (Å²) in [6.45, 7) is 1.34. The number of thiophene rings is 1. The Balaban J connectivity index is 1.54. The van der Waals surface area contributed by atoms with Crippen LogP contribution in [0.5, 0.6) is 5.75 Å². The molecule has 0 saturated carbocycles. The first kappa shape index (κ1) is 28.2. The van der Waals surface area contributed by atoms with E-state index in [0.717, 1.165) is 6.26 Å². The van der Waals surface area contributed by atoms with Crippen LogP contribution in [0.2, 0.25) is 5.02 Å². The minimum absolute atomic E-state index is 0.0703. The summed E-state index contributed by atoms with van der Waals surface area (Å²) < 4.78 is 47.0. The highest BCUT2D eigenvalue weighted by atomic mass is 35.5. The van der Waals surface area contributed by atoms with Crippen LogP contribution in [-0.4, -0.2) is 46.9 Å². The van der Waals surface area contributed by atoms with Crippen molar-refractivity contribution in [2.24, 2.45) is 0 Å². The number of hydrogen-bond donors (Lipinski definition) is 1. The number of carboxylic acids is 1. The van der Waals surface area contributed by atoms with Gasteiger partial charge in [0.25, 0.3) is 5.56 Å². The maximum absolute atomic E-state index is 14.8. The lowest BCUT2D eigenvalue weighted by atomic mass is 10.0. The highest BCUT2D eigenvalue weighted by Crippen LogP contribution is 2.39. The molecule has 1 N–H and O–H groups in total. The quantitative estimate of drug-likeness (QED) is 0.272. The second-order valence-corrected chi connectivity index (χ2v) is 12.2. The molecule has 0 unspecified atom stereocenters. The Hall–Kier alpha value is -4.38. The first-order valence-electron chi connectivity index (χ1n) is 11.8. The SMILES string of the molecule is Cc1nc2c(F)cc(S(C)(=O)=O)c(C#N)c2c(=O)n1CCOc1ccc(Cl)cc1-c1ccnc2c(C(=O)O)csc12. The van der Waals surface area contributed by atoms with Crippen molar-refractivity contribution in [3.63, 3.8) is 0 Å². The van der Waals surface area contributed by atoms with Crippen LogP contribution in [0.15, 0.2) is 51.6 Å². The number of hydrogen-bond acceptors (Lipinski definition) is 9. The van der Waals surface area contributed by atoms with E-state index in [-0.39, 0.29) is 24.5 Å². The molecule has 0 aliphatic rings. The standard InChI is InChI=1S/C27H18ClFN4O6S2/c1-13-32-24-19(29)10-21(41(2,37)38)17(11-30)22(24)26(34)33(13)7-8-39-20-4-3-14(28)9-16(20)15-5-6-31-23-18(27(35)36)12-40-25(15)23/h3-6,9-10,12H,7-8H2,1-2H3,(H,35,36). The number of fused-ring (bicyclic) bond motifs is 2. The van der Waals surface area contributed by atoms with Crippen LogP contribution < -0.4 is 10.3 Å². The number of nitriles is 1. The van der Waals surface area contributed by atoms with E-state index in [4.69, 9.17) is 16.3 Å².